The summed E-state index contributed by atoms with van der Waals surface area (Å²) in [5.41, 5.74) is 2.55. The van der Waals surface area contributed by atoms with E-state index < -0.39 is 6.04 Å². The van der Waals surface area contributed by atoms with Gasteiger partial charge in [0, 0.05) is 24.4 Å². The highest BCUT2D eigenvalue weighted by molar-refractivity contribution is 5.97. The molecule has 6 heteroatoms. The summed E-state index contributed by atoms with van der Waals surface area (Å²) in [4.78, 5) is 28.7. The Labute approximate surface area is 160 Å². The van der Waals surface area contributed by atoms with E-state index in [2.05, 4.69) is 36.4 Å². The molecule has 0 fully saturated rings. The van der Waals surface area contributed by atoms with Gasteiger partial charge < -0.3 is 15.4 Å². The summed E-state index contributed by atoms with van der Waals surface area (Å²) in [6.07, 6.45) is 1.64. The first-order valence-corrected chi connectivity index (χ1v) is 8.88. The van der Waals surface area contributed by atoms with Crippen molar-refractivity contribution >= 4 is 11.8 Å². The maximum absolute atomic E-state index is 12.4. The van der Waals surface area contributed by atoms with E-state index in [9.17, 15) is 9.59 Å². The number of methoxy groups -OCH3 is 1. The molecule has 0 radical (unpaired) electrons. The second-order valence-corrected chi connectivity index (χ2v) is 7.45. The van der Waals surface area contributed by atoms with Gasteiger partial charge in [0.15, 0.2) is 0 Å². The molecule has 0 aliphatic rings. The average molecular weight is 369 g/mol. The van der Waals surface area contributed by atoms with Gasteiger partial charge in [-0.25, -0.2) is 4.98 Å². The second kappa shape index (κ2) is 8.66. The van der Waals surface area contributed by atoms with Gasteiger partial charge in [-0.15, -0.1) is 0 Å². The molecule has 1 atom stereocenters. The number of carbonyl (C=O) groups excluding carboxylic acids is 2. The molecule has 0 aliphatic carbocycles. The van der Waals surface area contributed by atoms with Crippen molar-refractivity contribution < 1.29 is 14.3 Å². The molecule has 2 amide bonds. The number of nitrogens with zero attached hydrogens (tertiary/aromatic N) is 1. The third-order valence-electron chi connectivity index (χ3n) is 4.23. The average Bonchev–Trinajstić information content (AvgIpc) is 2.65. The maximum atomic E-state index is 12.4. The molecule has 27 heavy (non-hydrogen) atoms. The highest BCUT2D eigenvalue weighted by atomic mass is 16.5. The maximum Gasteiger partial charge on any atom is 0.251 e. The number of amides is 2. The lowest BCUT2D eigenvalue weighted by molar-refractivity contribution is -0.122. The van der Waals surface area contributed by atoms with Crippen molar-refractivity contribution in [3.63, 3.8) is 0 Å². The normalized spacial score (nSPS) is 12.2. The van der Waals surface area contributed by atoms with Gasteiger partial charge in [0.2, 0.25) is 11.8 Å². The quantitative estimate of drug-likeness (QED) is 0.820. The van der Waals surface area contributed by atoms with Crippen LogP contribution in [-0.2, 0) is 16.8 Å². The van der Waals surface area contributed by atoms with E-state index in [1.807, 2.05) is 18.2 Å². The minimum absolute atomic E-state index is 0.0263. The first-order chi connectivity index (χ1) is 12.7. The van der Waals surface area contributed by atoms with Gasteiger partial charge in [-0.1, -0.05) is 39.0 Å². The van der Waals surface area contributed by atoms with Gasteiger partial charge >= 0.3 is 0 Å². The van der Waals surface area contributed by atoms with E-state index >= 15 is 0 Å². The molecule has 144 valence electrons. The van der Waals surface area contributed by atoms with Crippen molar-refractivity contribution in [2.75, 3.05) is 7.11 Å². The van der Waals surface area contributed by atoms with Crippen LogP contribution in [0.3, 0.4) is 0 Å². The molecule has 1 aromatic heterocycles. The molecular formula is C21H27N3O3. The first-order valence-electron chi connectivity index (χ1n) is 8.88. The number of carbonyl (C=O) groups is 2. The molecule has 0 unspecified atom stereocenters. The summed E-state index contributed by atoms with van der Waals surface area (Å²) in [5.74, 6) is -0.0158. The summed E-state index contributed by atoms with van der Waals surface area (Å²) >= 11 is 0. The Balaban J connectivity index is 1.88. The van der Waals surface area contributed by atoms with Crippen LogP contribution in [0.2, 0.25) is 0 Å². The van der Waals surface area contributed by atoms with Crippen molar-refractivity contribution in [3.05, 3.63) is 59.3 Å². The van der Waals surface area contributed by atoms with Crippen LogP contribution in [0.25, 0.3) is 0 Å². The van der Waals surface area contributed by atoms with Crippen LogP contribution < -0.4 is 15.4 Å². The lowest BCUT2D eigenvalue weighted by Gasteiger charge is -2.19. The monoisotopic (exact) mass is 369 g/mol. The first kappa shape index (κ1) is 20.4. The SMILES string of the molecule is COc1ccc(CNC(=O)[C@H](C)NC(=O)c2ccc(C(C)(C)C)cc2)cn1. The van der Waals surface area contributed by atoms with Crippen molar-refractivity contribution in [2.24, 2.45) is 0 Å². The number of aromatic nitrogens is 1. The molecule has 2 rings (SSSR count). The van der Waals surface area contributed by atoms with Crippen LogP contribution in [0.1, 0.15) is 49.2 Å². The van der Waals surface area contributed by atoms with E-state index in [-0.39, 0.29) is 17.2 Å². The van der Waals surface area contributed by atoms with Crippen LogP contribution in [0.4, 0.5) is 0 Å². The molecule has 0 aliphatic heterocycles. The molecule has 1 aromatic carbocycles. The third kappa shape index (κ3) is 5.81. The summed E-state index contributed by atoms with van der Waals surface area (Å²) in [7, 11) is 1.55. The lowest BCUT2D eigenvalue weighted by Crippen LogP contribution is -2.44. The Morgan fingerprint density at radius 3 is 2.30 bits per heavy atom. The van der Waals surface area contributed by atoms with Crippen molar-refractivity contribution in [2.45, 2.75) is 45.7 Å². The number of hydrogen-bond donors (Lipinski definition) is 2. The summed E-state index contributed by atoms with van der Waals surface area (Å²) < 4.78 is 5.00. The minimum atomic E-state index is -0.647. The van der Waals surface area contributed by atoms with Gasteiger partial charge in [0.05, 0.1) is 7.11 Å². The van der Waals surface area contributed by atoms with E-state index in [0.29, 0.717) is 18.0 Å². The van der Waals surface area contributed by atoms with Gasteiger partial charge in [0.1, 0.15) is 6.04 Å². The summed E-state index contributed by atoms with van der Waals surface area (Å²) in [6.45, 7) is 8.34. The van der Waals surface area contributed by atoms with E-state index in [4.69, 9.17) is 4.74 Å². The highest BCUT2D eigenvalue weighted by Crippen LogP contribution is 2.22. The summed E-state index contributed by atoms with van der Waals surface area (Å²) in [5, 5.41) is 5.51. The van der Waals surface area contributed by atoms with E-state index in [1.54, 1.807) is 38.4 Å². The molecule has 2 N–H and O–H groups in total. The Bertz CT molecular complexity index is 778. The zero-order chi connectivity index (χ0) is 20.0. The van der Waals surface area contributed by atoms with Gasteiger partial charge in [-0.05, 0) is 35.6 Å². The number of rotatable bonds is 6. The Morgan fingerprint density at radius 2 is 1.78 bits per heavy atom. The summed E-state index contributed by atoms with van der Waals surface area (Å²) in [6, 6.07) is 10.4. The van der Waals surface area contributed by atoms with Crippen LogP contribution in [-0.4, -0.2) is 29.9 Å². The largest absolute Gasteiger partial charge is 0.481 e. The Morgan fingerprint density at radius 1 is 1.11 bits per heavy atom. The molecule has 0 bridgehead atoms. The fourth-order valence-electron chi connectivity index (χ4n) is 2.45. The van der Waals surface area contributed by atoms with Gasteiger partial charge in [-0.2, -0.15) is 0 Å². The van der Waals surface area contributed by atoms with E-state index in [1.165, 1.54) is 0 Å². The van der Waals surface area contributed by atoms with Crippen LogP contribution >= 0.6 is 0 Å². The molecule has 0 saturated carbocycles. The highest BCUT2D eigenvalue weighted by Gasteiger charge is 2.18. The van der Waals surface area contributed by atoms with Crippen molar-refractivity contribution in [3.8, 4) is 5.88 Å². The Hall–Kier alpha value is -2.89. The van der Waals surface area contributed by atoms with E-state index in [0.717, 1.165) is 11.1 Å². The zero-order valence-corrected chi connectivity index (χ0v) is 16.5. The topological polar surface area (TPSA) is 80.3 Å². The molecule has 2 aromatic rings. The molecule has 0 spiro atoms. The predicted octanol–water partition coefficient (Wildman–Crippen LogP) is 2.82. The minimum Gasteiger partial charge on any atom is -0.481 e. The fraction of sp³-hybridized carbons (Fsp3) is 0.381. The predicted molar refractivity (Wildman–Crippen MR) is 105 cm³/mol. The lowest BCUT2D eigenvalue weighted by atomic mass is 9.86. The van der Waals surface area contributed by atoms with Crippen LogP contribution in [0.5, 0.6) is 5.88 Å². The zero-order valence-electron chi connectivity index (χ0n) is 16.5. The molecule has 6 nitrogen and oxygen atoms in total. The van der Waals surface area contributed by atoms with Crippen LogP contribution in [0.15, 0.2) is 42.6 Å². The third-order valence-corrected chi connectivity index (χ3v) is 4.23. The standard InChI is InChI=1S/C21H27N3O3/c1-14(19(25)23-13-15-6-11-18(27-5)22-12-15)24-20(26)16-7-9-17(10-8-16)21(2,3)4/h6-12,14H,13H2,1-5H3,(H,23,25)(H,24,26)/t14-/m0/s1. The molecule has 1 heterocycles. The number of nitrogens with one attached hydrogen (secondary N) is 2. The number of hydrogen-bond acceptors (Lipinski definition) is 4. The second-order valence-electron chi connectivity index (χ2n) is 7.45. The number of ether oxygens (including phenoxy) is 1. The Kier molecular flexibility index (Phi) is 6.55. The van der Waals surface area contributed by atoms with Gasteiger partial charge in [-0.3, -0.25) is 9.59 Å². The number of pyridine rings is 1. The van der Waals surface area contributed by atoms with Gasteiger partial charge in [0.25, 0.3) is 5.91 Å². The van der Waals surface area contributed by atoms with Crippen molar-refractivity contribution in [1.82, 2.24) is 15.6 Å². The molecule has 0 saturated heterocycles. The smallest absolute Gasteiger partial charge is 0.251 e. The fourth-order valence-corrected chi connectivity index (χ4v) is 2.45. The van der Waals surface area contributed by atoms with Crippen LogP contribution in [0, 0.1) is 0 Å². The molecular weight excluding hydrogens is 342 g/mol. The van der Waals surface area contributed by atoms with Crippen molar-refractivity contribution in [1.29, 1.82) is 0 Å². The number of benzene rings is 1.